The first-order valence-corrected chi connectivity index (χ1v) is 18.1. The van der Waals surface area contributed by atoms with Crippen molar-refractivity contribution < 1.29 is 23.8 Å². The second-order valence-electron chi connectivity index (χ2n) is 11.6. The molecule has 0 aromatic rings. The van der Waals surface area contributed by atoms with Crippen LogP contribution in [0.5, 0.6) is 0 Å². The van der Waals surface area contributed by atoms with E-state index in [-0.39, 0.29) is 18.4 Å². The van der Waals surface area contributed by atoms with E-state index in [4.69, 9.17) is 19.9 Å². The fraction of sp³-hybridized carbons (Fsp3) is 0.838. The molecule has 45 heavy (non-hydrogen) atoms. The predicted octanol–water partition coefficient (Wildman–Crippen LogP) is 6.45. The number of ether oxygens (including phenoxy) is 3. The van der Waals surface area contributed by atoms with Gasteiger partial charge in [-0.05, 0) is 43.9 Å². The average Bonchev–Trinajstić information content (AvgIpc) is 3.05. The zero-order chi connectivity index (χ0) is 32.7. The third-order valence-electron chi connectivity index (χ3n) is 7.35. The van der Waals surface area contributed by atoms with Crippen LogP contribution in [0, 0.1) is 23.7 Å². The fourth-order valence-corrected chi connectivity index (χ4v) is 4.63. The molecule has 0 aliphatic heterocycles. The molecule has 0 saturated carbocycles. The van der Waals surface area contributed by atoms with Crippen LogP contribution < -0.4 is 16.4 Å². The van der Waals surface area contributed by atoms with Gasteiger partial charge in [-0.3, -0.25) is 9.59 Å². The molecule has 0 unspecified atom stereocenters. The van der Waals surface area contributed by atoms with E-state index in [1.165, 1.54) is 83.5 Å². The van der Waals surface area contributed by atoms with Gasteiger partial charge in [-0.1, -0.05) is 102 Å². The van der Waals surface area contributed by atoms with Crippen LogP contribution in [-0.2, 0) is 23.8 Å². The van der Waals surface area contributed by atoms with Gasteiger partial charge in [-0.2, -0.15) is 0 Å². The summed E-state index contributed by atoms with van der Waals surface area (Å²) in [6, 6.07) is 0. The molecule has 8 heteroatoms. The Hall–Kier alpha value is -2.10. The summed E-state index contributed by atoms with van der Waals surface area (Å²) < 4.78 is 16.4. The molecule has 0 aromatic heterocycles. The number of nitrogens with two attached hydrogens (primary N) is 1. The first kappa shape index (κ1) is 42.9. The summed E-state index contributed by atoms with van der Waals surface area (Å²) in [5, 5.41) is 5.66. The van der Waals surface area contributed by atoms with Gasteiger partial charge in [-0.15, -0.1) is 0 Å². The van der Waals surface area contributed by atoms with Crippen LogP contribution in [0.1, 0.15) is 142 Å². The quantitative estimate of drug-likeness (QED) is 0.0566. The molecule has 0 aliphatic rings. The van der Waals surface area contributed by atoms with E-state index in [1.807, 2.05) is 0 Å². The third kappa shape index (κ3) is 38.0. The Morgan fingerprint density at radius 1 is 0.511 bits per heavy atom. The molecule has 0 aliphatic carbocycles. The van der Waals surface area contributed by atoms with E-state index in [2.05, 4.69) is 41.2 Å². The lowest BCUT2D eigenvalue weighted by atomic mass is 10.1. The number of nitrogens with one attached hydrogen (secondary N) is 2. The Balaban J connectivity index is 3.29. The van der Waals surface area contributed by atoms with Crippen LogP contribution >= 0.6 is 0 Å². The lowest BCUT2D eigenvalue weighted by Gasteiger charge is -2.08. The fourth-order valence-electron chi connectivity index (χ4n) is 4.63. The van der Waals surface area contributed by atoms with E-state index >= 15 is 0 Å². The van der Waals surface area contributed by atoms with E-state index in [0.29, 0.717) is 59.2 Å². The molecule has 0 spiro atoms. The summed E-state index contributed by atoms with van der Waals surface area (Å²) >= 11 is 0. The minimum Gasteiger partial charge on any atom is -0.379 e. The number of carbonyl (C=O) groups is 2. The summed E-state index contributed by atoms with van der Waals surface area (Å²) in [6.07, 6.45) is 24.4. The molecular formula is C37H67N3O5. The number of hydrogen-bond donors (Lipinski definition) is 3. The Labute approximate surface area is 276 Å². The molecule has 4 N–H and O–H groups in total. The molecule has 0 saturated heterocycles. The number of unbranched alkanes of at least 4 members (excludes halogenated alkanes) is 16. The van der Waals surface area contributed by atoms with Gasteiger partial charge in [0.1, 0.15) is 0 Å². The van der Waals surface area contributed by atoms with Crippen LogP contribution in [0.4, 0.5) is 0 Å². The van der Waals surface area contributed by atoms with Gasteiger partial charge in [0.05, 0.1) is 33.0 Å². The molecular weight excluding hydrogens is 566 g/mol. The highest BCUT2D eigenvalue weighted by molar-refractivity contribution is 5.77. The van der Waals surface area contributed by atoms with Crippen LogP contribution in [0.25, 0.3) is 0 Å². The van der Waals surface area contributed by atoms with Crippen LogP contribution in [0.15, 0.2) is 0 Å². The van der Waals surface area contributed by atoms with Gasteiger partial charge in [-0.25, -0.2) is 0 Å². The lowest BCUT2D eigenvalue weighted by molar-refractivity contribution is -0.121. The molecule has 8 nitrogen and oxygen atoms in total. The smallest absolute Gasteiger partial charge is 0.233 e. The topological polar surface area (TPSA) is 112 Å². The maximum absolute atomic E-state index is 12.0. The van der Waals surface area contributed by atoms with Crippen molar-refractivity contribution in [3.63, 3.8) is 0 Å². The molecule has 0 rings (SSSR count). The SMILES string of the molecule is CCCCCCCCCCCCC#CC#CCCCCCCCCC(=O)NCCCOCCOCCOCCCNC(=O)CN. The van der Waals surface area contributed by atoms with Gasteiger partial charge in [0.15, 0.2) is 0 Å². The number of hydrogen-bond acceptors (Lipinski definition) is 6. The molecule has 260 valence electrons. The lowest BCUT2D eigenvalue weighted by Crippen LogP contribution is -2.31. The molecule has 2 amide bonds. The van der Waals surface area contributed by atoms with Gasteiger partial charge in [0, 0.05) is 45.6 Å². The second kappa shape index (κ2) is 38.1. The largest absolute Gasteiger partial charge is 0.379 e. The number of rotatable bonds is 33. The standard InChI is InChI=1S/C37H67N3O5/c1-2-3-4-5-6-7-8-9-10-11-12-13-14-15-16-17-18-19-20-21-22-23-26-36(41)39-27-24-29-43-31-33-45-34-32-44-30-25-28-40-37(42)35-38/h2-12,17-35,38H2,1H3,(H,39,41)(H,40,42). The number of carbonyl (C=O) groups excluding carboxylic acids is 2. The van der Waals surface area contributed by atoms with E-state index in [1.54, 1.807) is 0 Å². The van der Waals surface area contributed by atoms with Gasteiger partial charge < -0.3 is 30.6 Å². The molecule has 0 heterocycles. The third-order valence-corrected chi connectivity index (χ3v) is 7.35. The van der Waals surface area contributed by atoms with Crippen LogP contribution in [0.2, 0.25) is 0 Å². The predicted molar refractivity (Wildman–Crippen MR) is 186 cm³/mol. The maximum atomic E-state index is 12.0. The Bertz CT molecular complexity index is 784. The molecule has 0 bridgehead atoms. The Morgan fingerprint density at radius 3 is 1.38 bits per heavy atom. The van der Waals surface area contributed by atoms with Gasteiger partial charge >= 0.3 is 0 Å². The first-order valence-electron chi connectivity index (χ1n) is 18.1. The maximum Gasteiger partial charge on any atom is 0.233 e. The van der Waals surface area contributed by atoms with Crippen molar-refractivity contribution in [3.05, 3.63) is 0 Å². The highest BCUT2D eigenvalue weighted by atomic mass is 16.5. The zero-order valence-electron chi connectivity index (χ0n) is 28.8. The van der Waals surface area contributed by atoms with Crippen LogP contribution in [-0.4, -0.2) is 71.1 Å². The van der Waals surface area contributed by atoms with Gasteiger partial charge in [0.2, 0.25) is 11.8 Å². The second-order valence-corrected chi connectivity index (χ2v) is 11.6. The Kier molecular flexibility index (Phi) is 36.3. The monoisotopic (exact) mass is 634 g/mol. The molecule has 0 fully saturated rings. The highest BCUT2D eigenvalue weighted by Crippen LogP contribution is 2.11. The zero-order valence-corrected chi connectivity index (χ0v) is 28.8. The summed E-state index contributed by atoms with van der Waals surface area (Å²) in [5.74, 6) is 12.4. The van der Waals surface area contributed by atoms with Crippen molar-refractivity contribution >= 4 is 11.8 Å². The Morgan fingerprint density at radius 2 is 0.911 bits per heavy atom. The first-order chi connectivity index (χ1) is 22.2. The summed E-state index contributed by atoms with van der Waals surface area (Å²) in [5.41, 5.74) is 5.21. The van der Waals surface area contributed by atoms with Crippen molar-refractivity contribution in [2.75, 3.05) is 59.3 Å². The normalized spacial score (nSPS) is 10.5. The van der Waals surface area contributed by atoms with Gasteiger partial charge in [0.25, 0.3) is 0 Å². The van der Waals surface area contributed by atoms with E-state index in [0.717, 1.165) is 44.9 Å². The van der Waals surface area contributed by atoms with Crippen molar-refractivity contribution in [2.24, 2.45) is 5.73 Å². The van der Waals surface area contributed by atoms with Crippen molar-refractivity contribution in [1.82, 2.24) is 10.6 Å². The molecule has 0 atom stereocenters. The molecule has 0 radical (unpaired) electrons. The van der Waals surface area contributed by atoms with Crippen molar-refractivity contribution in [2.45, 2.75) is 142 Å². The van der Waals surface area contributed by atoms with Crippen LogP contribution in [0.3, 0.4) is 0 Å². The van der Waals surface area contributed by atoms with Crippen molar-refractivity contribution in [3.8, 4) is 23.7 Å². The number of amides is 2. The minimum atomic E-state index is -0.151. The minimum absolute atomic E-state index is 0.0140. The highest BCUT2D eigenvalue weighted by Gasteiger charge is 2.01. The summed E-state index contributed by atoms with van der Waals surface area (Å²) in [4.78, 5) is 23.0. The molecule has 0 aromatic carbocycles. The summed E-state index contributed by atoms with van der Waals surface area (Å²) in [6.45, 7) is 6.74. The van der Waals surface area contributed by atoms with E-state index in [9.17, 15) is 9.59 Å². The van der Waals surface area contributed by atoms with E-state index < -0.39 is 0 Å². The van der Waals surface area contributed by atoms with Crippen molar-refractivity contribution in [1.29, 1.82) is 0 Å². The average molecular weight is 634 g/mol. The summed E-state index contributed by atoms with van der Waals surface area (Å²) in [7, 11) is 0.